The largest absolute Gasteiger partial charge is 0.378 e. The number of aryl methyl sites for hydroxylation is 1. The van der Waals surface area contributed by atoms with Crippen LogP contribution in [0.2, 0.25) is 0 Å². The molecule has 2 aromatic carbocycles. The third kappa shape index (κ3) is 4.58. The molecule has 7 heteroatoms. The molecular weight excluding hydrogens is 382 g/mol. The SMILES string of the molecule is Cc1ccc(-n2c(N3CCOCC3)nn(CN(C)Cc3ccccc3)c2=S)cc1. The lowest BCUT2D eigenvalue weighted by Gasteiger charge is -2.27. The first-order valence-electron chi connectivity index (χ1n) is 9.94. The van der Waals surface area contributed by atoms with Gasteiger partial charge in [0.2, 0.25) is 10.7 Å². The summed E-state index contributed by atoms with van der Waals surface area (Å²) in [5.41, 5.74) is 3.54. The molecule has 0 unspecified atom stereocenters. The Morgan fingerprint density at radius 3 is 2.41 bits per heavy atom. The highest BCUT2D eigenvalue weighted by atomic mass is 32.1. The van der Waals surface area contributed by atoms with E-state index in [4.69, 9.17) is 22.1 Å². The number of rotatable bonds is 6. The van der Waals surface area contributed by atoms with E-state index in [1.165, 1.54) is 11.1 Å². The summed E-state index contributed by atoms with van der Waals surface area (Å²) in [4.78, 5) is 4.48. The first-order chi connectivity index (χ1) is 14.1. The van der Waals surface area contributed by atoms with Gasteiger partial charge in [-0.25, -0.2) is 4.68 Å². The van der Waals surface area contributed by atoms with Crippen LogP contribution in [-0.2, 0) is 18.0 Å². The number of morpholine rings is 1. The second-order valence-corrected chi connectivity index (χ2v) is 7.86. The number of hydrogen-bond acceptors (Lipinski definition) is 5. The molecule has 3 aromatic rings. The second-order valence-electron chi connectivity index (χ2n) is 7.49. The van der Waals surface area contributed by atoms with E-state index >= 15 is 0 Å². The number of aromatic nitrogens is 3. The number of anilines is 1. The highest BCUT2D eigenvalue weighted by Gasteiger charge is 2.21. The fraction of sp³-hybridized carbons (Fsp3) is 0.364. The van der Waals surface area contributed by atoms with Gasteiger partial charge in [0.05, 0.1) is 25.6 Å². The van der Waals surface area contributed by atoms with Crippen molar-refractivity contribution in [3.8, 4) is 5.69 Å². The van der Waals surface area contributed by atoms with Crippen molar-refractivity contribution in [2.75, 3.05) is 38.3 Å². The number of hydrogen-bond donors (Lipinski definition) is 0. The van der Waals surface area contributed by atoms with Crippen molar-refractivity contribution in [3.05, 3.63) is 70.5 Å². The highest BCUT2D eigenvalue weighted by Crippen LogP contribution is 2.22. The van der Waals surface area contributed by atoms with Gasteiger partial charge >= 0.3 is 0 Å². The van der Waals surface area contributed by atoms with Crippen LogP contribution in [0.5, 0.6) is 0 Å². The van der Waals surface area contributed by atoms with E-state index in [1.807, 2.05) is 10.7 Å². The molecule has 0 bridgehead atoms. The van der Waals surface area contributed by atoms with Gasteiger partial charge in [-0.05, 0) is 43.9 Å². The summed E-state index contributed by atoms with van der Waals surface area (Å²) in [6, 6.07) is 18.9. The smallest absolute Gasteiger partial charge is 0.230 e. The molecule has 1 fully saturated rings. The minimum Gasteiger partial charge on any atom is -0.378 e. The molecule has 6 nitrogen and oxygen atoms in total. The summed E-state index contributed by atoms with van der Waals surface area (Å²) in [6.07, 6.45) is 0. The first-order valence-corrected chi connectivity index (χ1v) is 10.3. The van der Waals surface area contributed by atoms with E-state index in [1.54, 1.807) is 0 Å². The van der Waals surface area contributed by atoms with Crippen LogP contribution in [0.15, 0.2) is 54.6 Å². The van der Waals surface area contributed by atoms with Gasteiger partial charge in [0, 0.05) is 19.6 Å². The second kappa shape index (κ2) is 8.90. The van der Waals surface area contributed by atoms with Crippen molar-refractivity contribution >= 4 is 18.2 Å². The number of ether oxygens (including phenoxy) is 1. The van der Waals surface area contributed by atoms with Crippen molar-refractivity contribution in [3.63, 3.8) is 0 Å². The zero-order valence-corrected chi connectivity index (χ0v) is 17.8. The number of nitrogens with zero attached hydrogens (tertiary/aromatic N) is 5. The minimum absolute atomic E-state index is 0.629. The van der Waals surface area contributed by atoms with Gasteiger partial charge in [0.25, 0.3) is 0 Å². The van der Waals surface area contributed by atoms with Crippen molar-refractivity contribution < 1.29 is 4.74 Å². The van der Waals surface area contributed by atoms with Gasteiger partial charge in [-0.3, -0.25) is 9.47 Å². The summed E-state index contributed by atoms with van der Waals surface area (Å²) >= 11 is 5.86. The summed E-state index contributed by atoms with van der Waals surface area (Å²) in [5, 5.41) is 4.92. The van der Waals surface area contributed by atoms with Crippen LogP contribution in [0.4, 0.5) is 5.95 Å². The van der Waals surface area contributed by atoms with Crippen LogP contribution in [0.1, 0.15) is 11.1 Å². The lowest BCUT2D eigenvalue weighted by Crippen LogP contribution is -2.38. The molecule has 0 N–H and O–H groups in total. The van der Waals surface area contributed by atoms with Gasteiger partial charge in [-0.2, -0.15) is 0 Å². The molecule has 2 heterocycles. The maximum atomic E-state index is 5.86. The van der Waals surface area contributed by atoms with Crippen LogP contribution < -0.4 is 4.90 Å². The molecule has 0 radical (unpaired) electrons. The Labute approximate surface area is 176 Å². The van der Waals surface area contributed by atoms with E-state index in [9.17, 15) is 0 Å². The van der Waals surface area contributed by atoms with E-state index in [0.29, 0.717) is 24.7 Å². The lowest BCUT2D eigenvalue weighted by molar-refractivity contribution is 0.121. The molecule has 0 atom stereocenters. The molecule has 1 aliphatic heterocycles. The van der Waals surface area contributed by atoms with Crippen LogP contribution >= 0.6 is 12.2 Å². The molecule has 0 saturated carbocycles. The molecular formula is C22H27N5OS. The van der Waals surface area contributed by atoms with Crippen LogP contribution in [-0.4, -0.2) is 52.6 Å². The maximum absolute atomic E-state index is 5.86. The fourth-order valence-electron chi connectivity index (χ4n) is 3.55. The van der Waals surface area contributed by atoms with Crippen molar-refractivity contribution in [1.82, 2.24) is 19.2 Å². The number of benzene rings is 2. The molecule has 1 aliphatic rings. The minimum atomic E-state index is 0.629. The standard InChI is InChI=1S/C22H27N5OS/c1-18-8-10-20(11-9-18)27-21(25-12-14-28-15-13-25)23-26(22(27)29)17-24(2)16-19-6-4-3-5-7-19/h3-11H,12-17H2,1-2H3. The zero-order chi connectivity index (χ0) is 20.2. The molecule has 1 aromatic heterocycles. The molecule has 29 heavy (non-hydrogen) atoms. The maximum Gasteiger partial charge on any atom is 0.230 e. The summed E-state index contributed by atoms with van der Waals surface area (Å²) in [7, 11) is 2.09. The molecule has 1 saturated heterocycles. The average Bonchev–Trinajstić information content (AvgIpc) is 3.06. The lowest BCUT2D eigenvalue weighted by atomic mass is 10.2. The Balaban J connectivity index is 1.65. The normalized spacial score (nSPS) is 14.5. The van der Waals surface area contributed by atoms with Crippen molar-refractivity contribution in [2.45, 2.75) is 20.1 Å². The van der Waals surface area contributed by atoms with Gasteiger partial charge in [-0.1, -0.05) is 48.0 Å². The summed E-state index contributed by atoms with van der Waals surface area (Å²) in [5.74, 6) is 0.885. The Morgan fingerprint density at radius 1 is 1.03 bits per heavy atom. The molecule has 152 valence electrons. The van der Waals surface area contributed by atoms with Gasteiger partial charge in [0.15, 0.2) is 0 Å². The van der Waals surface area contributed by atoms with Crippen molar-refractivity contribution in [1.29, 1.82) is 0 Å². The summed E-state index contributed by atoms with van der Waals surface area (Å²) in [6.45, 7) is 6.61. The van der Waals surface area contributed by atoms with Gasteiger partial charge in [0.1, 0.15) is 0 Å². The van der Waals surface area contributed by atoms with Crippen LogP contribution in [0, 0.1) is 11.7 Å². The Kier molecular flexibility index (Phi) is 6.08. The topological polar surface area (TPSA) is 38.5 Å². The third-order valence-electron chi connectivity index (χ3n) is 5.08. The van der Waals surface area contributed by atoms with Crippen molar-refractivity contribution in [2.24, 2.45) is 0 Å². The predicted molar refractivity (Wildman–Crippen MR) is 118 cm³/mol. The fourth-order valence-corrected chi connectivity index (χ4v) is 3.84. The van der Waals surface area contributed by atoms with Gasteiger partial charge in [-0.15, -0.1) is 5.10 Å². The molecule has 0 aliphatic carbocycles. The molecule has 0 spiro atoms. The zero-order valence-electron chi connectivity index (χ0n) is 17.0. The van der Waals surface area contributed by atoms with E-state index in [2.05, 4.69) is 76.9 Å². The quantitative estimate of drug-likeness (QED) is 0.581. The van der Waals surface area contributed by atoms with Crippen LogP contribution in [0.25, 0.3) is 5.69 Å². The Morgan fingerprint density at radius 2 is 1.72 bits per heavy atom. The summed E-state index contributed by atoms with van der Waals surface area (Å²) < 4.78 is 10.2. The monoisotopic (exact) mass is 409 g/mol. The highest BCUT2D eigenvalue weighted by molar-refractivity contribution is 7.71. The van der Waals surface area contributed by atoms with Crippen LogP contribution in [0.3, 0.4) is 0 Å². The Bertz CT molecular complexity index is 990. The van der Waals surface area contributed by atoms with E-state index < -0.39 is 0 Å². The van der Waals surface area contributed by atoms with E-state index in [0.717, 1.165) is 31.3 Å². The van der Waals surface area contributed by atoms with Gasteiger partial charge < -0.3 is 9.64 Å². The predicted octanol–water partition coefficient (Wildman–Crippen LogP) is 3.64. The average molecular weight is 410 g/mol. The first kappa shape index (κ1) is 19.8. The third-order valence-corrected chi connectivity index (χ3v) is 5.47. The molecule has 4 rings (SSSR count). The molecule has 0 amide bonds. The Hall–Kier alpha value is -2.48. The van der Waals surface area contributed by atoms with E-state index in [-0.39, 0.29) is 0 Å².